The second-order valence-electron chi connectivity index (χ2n) is 7.99. The first kappa shape index (κ1) is 22.6. The summed E-state index contributed by atoms with van der Waals surface area (Å²) < 4.78 is 54.4. The molecule has 6 nitrogen and oxygen atoms in total. The third kappa shape index (κ3) is 3.87. The molecule has 0 amide bonds. The van der Waals surface area contributed by atoms with Crippen molar-refractivity contribution >= 4 is 32.5 Å². The Morgan fingerprint density at radius 2 is 2.03 bits per heavy atom. The number of hydrogen-bond donors (Lipinski definition) is 1. The van der Waals surface area contributed by atoms with Crippen molar-refractivity contribution in [3.8, 4) is 17.5 Å². The molecule has 1 saturated carbocycles. The van der Waals surface area contributed by atoms with E-state index in [-0.39, 0.29) is 10.9 Å². The highest BCUT2D eigenvalue weighted by Crippen LogP contribution is 2.45. The van der Waals surface area contributed by atoms with Crippen LogP contribution in [0.15, 0.2) is 41.4 Å². The molecular formula is C22H21ClF2N4O2S. The summed E-state index contributed by atoms with van der Waals surface area (Å²) in [5, 5.41) is 11.2. The van der Waals surface area contributed by atoms with E-state index in [1.54, 1.807) is 12.1 Å². The number of rotatable bonds is 7. The quantitative estimate of drug-likeness (QED) is 0.529. The van der Waals surface area contributed by atoms with Crippen LogP contribution in [-0.4, -0.2) is 37.4 Å². The number of hydrogen-bond acceptors (Lipinski definition) is 4. The van der Waals surface area contributed by atoms with E-state index < -0.39 is 29.4 Å². The molecule has 0 radical (unpaired) electrons. The van der Waals surface area contributed by atoms with Crippen molar-refractivity contribution in [1.29, 1.82) is 5.26 Å². The van der Waals surface area contributed by atoms with Gasteiger partial charge in [0, 0.05) is 22.6 Å². The molecule has 3 aromatic rings. The minimum absolute atomic E-state index is 0.162. The summed E-state index contributed by atoms with van der Waals surface area (Å²) in [5.41, 5.74) is 2.30. The Morgan fingerprint density at radius 3 is 2.56 bits per heavy atom. The minimum Gasteiger partial charge on any atom is -0.335 e. The van der Waals surface area contributed by atoms with E-state index in [1.807, 2.05) is 10.8 Å². The summed E-state index contributed by atoms with van der Waals surface area (Å²) in [6, 6.07) is 9.15. The Morgan fingerprint density at radius 1 is 1.28 bits per heavy atom. The highest BCUT2D eigenvalue weighted by Gasteiger charge is 2.33. The maximum absolute atomic E-state index is 12.8. The average molecular weight is 479 g/mol. The molecule has 2 aromatic heterocycles. The van der Waals surface area contributed by atoms with Crippen LogP contribution in [0.5, 0.6) is 0 Å². The second kappa shape index (κ2) is 8.77. The van der Waals surface area contributed by atoms with Crippen LogP contribution >= 0.6 is 11.6 Å². The number of fused-ring (bicyclic) bond motifs is 1. The number of alkyl halides is 2. The summed E-state index contributed by atoms with van der Waals surface area (Å²) in [5.74, 6) is 0.400. The highest BCUT2D eigenvalue weighted by atomic mass is 35.5. The molecular weight excluding hydrogens is 458 g/mol. The van der Waals surface area contributed by atoms with E-state index in [4.69, 9.17) is 11.6 Å². The Hall–Kier alpha value is -2.54. The maximum atomic E-state index is 12.8. The fourth-order valence-corrected chi connectivity index (χ4v) is 5.40. The Balaban J connectivity index is 1.84. The van der Waals surface area contributed by atoms with Gasteiger partial charge in [0.1, 0.15) is 24.3 Å². The normalized spacial score (nSPS) is 18.6. The number of pyridine rings is 1. The molecule has 2 heterocycles. The molecule has 0 saturated heterocycles. The lowest BCUT2D eigenvalue weighted by molar-refractivity contribution is 0.208. The monoisotopic (exact) mass is 478 g/mol. The first-order valence-electron chi connectivity index (χ1n) is 10.1. The second-order valence-corrected chi connectivity index (χ2v) is 10.1. The minimum atomic E-state index is -4.14. The lowest BCUT2D eigenvalue weighted by Gasteiger charge is -2.37. The van der Waals surface area contributed by atoms with Crippen molar-refractivity contribution in [1.82, 2.24) is 14.3 Å². The predicted molar refractivity (Wildman–Crippen MR) is 118 cm³/mol. The number of benzene rings is 1. The van der Waals surface area contributed by atoms with E-state index >= 15 is 0 Å². The van der Waals surface area contributed by atoms with Crippen LogP contribution < -0.4 is 4.72 Å². The van der Waals surface area contributed by atoms with Gasteiger partial charge in [0.2, 0.25) is 10.0 Å². The van der Waals surface area contributed by atoms with E-state index in [2.05, 4.69) is 22.5 Å². The van der Waals surface area contributed by atoms with Gasteiger partial charge in [-0.15, -0.1) is 0 Å². The topological polar surface area (TPSA) is 87.8 Å². The molecule has 0 aliphatic heterocycles. The van der Waals surface area contributed by atoms with Gasteiger partial charge in [-0.3, -0.25) is 4.98 Å². The molecule has 32 heavy (non-hydrogen) atoms. The van der Waals surface area contributed by atoms with Crippen LogP contribution in [0.3, 0.4) is 0 Å². The van der Waals surface area contributed by atoms with E-state index in [0.717, 1.165) is 29.9 Å². The molecule has 2 unspecified atom stereocenters. The molecule has 1 aliphatic carbocycles. The van der Waals surface area contributed by atoms with Crippen molar-refractivity contribution in [2.24, 2.45) is 5.92 Å². The van der Waals surface area contributed by atoms with Crippen LogP contribution in [0.1, 0.15) is 31.4 Å². The van der Waals surface area contributed by atoms with Gasteiger partial charge >= 0.3 is 0 Å². The van der Waals surface area contributed by atoms with Gasteiger partial charge in [-0.05, 0) is 49.1 Å². The predicted octanol–water partition coefficient (Wildman–Crippen LogP) is 4.79. The molecule has 10 heteroatoms. The SMILES string of the molecule is CC1CCC1n1c(-c2ccc(S(=O)(=O)NC(CF)CF)cn2)c(C#N)c2ccc(Cl)cc21. The standard InChI is InChI=1S/C22H21ClF2N4O2S/c1-13-2-7-20(13)29-21-8-14(23)3-5-17(21)18(11-26)22(29)19-6-4-16(12-27-19)32(30,31)28-15(9-24)10-25/h3-6,8,12-13,15,20,28H,2,7,9-10H2,1H3. The first-order valence-corrected chi connectivity index (χ1v) is 12.0. The summed E-state index contributed by atoms with van der Waals surface area (Å²) in [6.45, 7) is -0.175. The van der Waals surface area contributed by atoms with Gasteiger partial charge in [-0.1, -0.05) is 18.5 Å². The fraction of sp³-hybridized carbons (Fsp3) is 0.364. The van der Waals surface area contributed by atoms with Crippen molar-refractivity contribution in [2.75, 3.05) is 13.3 Å². The summed E-state index contributed by atoms with van der Waals surface area (Å²) in [4.78, 5) is 4.10. The molecule has 4 rings (SSSR count). The fourth-order valence-electron chi connectivity index (χ4n) is 4.10. The van der Waals surface area contributed by atoms with Crippen molar-refractivity contribution in [2.45, 2.75) is 36.7 Å². The highest BCUT2D eigenvalue weighted by molar-refractivity contribution is 7.89. The third-order valence-corrected chi connectivity index (χ3v) is 7.71. The summed E-state index contributed by atoms with van der Waals surface area (Å²) in [6.07, 6.45) is 3.14. The Bertz CT molecular complexity index is 1300. The number of nitrogens with zero attached hydrogens (tertiary/aromatic N) is 3. The smallest absolute Gasteiger partial charge is 0.242 e. The Kier molecular flexibility index (Phi) is 6.21. The lowest BCUT2D eigenvalue weighted by atomic mass is 9.80. The summed E-state index contributed by atoms with van der Waals surface area (Å²) in [7, 11) is -4.14. The zero-order chi connectivity index (χ0) is 23.0. The van der Waals surface area contributed by atoms with Crippen LogP contribution in [0.25, 0.3) is 22.3 Å². The Labute approximate surface area is 189 Å². The van der Waals surface area contributed by atoms with E-state index in [0.29, 0.717) is 27.9 Å². The number of aromatic nitrogens is 2. The first-order chi connectivity index (χ1) is 15.3. The average Bonchev–Trinajstić information content (AvgIpc) is 3.09. The van der Waals surface area contributed by atoms with Gasteiger partial charge in [0.25, 0.3) is 0 Å². The van der Waals surface area contributed by atoms with Gasteiger partial charge in [-0.25, -0.2) is 21.9 Å². The molecule has 1 aliphatic rings. The van der Waals surface area contributed by atoms with Crippen LogP contribution in [0, 0.1) is 17.2 Å². The van der Waals surface area contributed by atoms with Gasteiger partial charge in [0.15, 0.2) is 0 Å². The van der Waals surface area contributed by atoms with Crippen LogP contribution in [0.4, 0.5) is 8.78 Å². The third-order valence-electron chi connectivity index (χ3n) is 5.97. The lowest BCUT2D eigenvalue weighted by Crippen LogP contribution is -2.37. The molecule has 0 spiro atoms. The molecule has 1 fully saturated rings. The van der Waals surface area contributed by atoms with E-state index in [9.17, 15) is 22.5 Å². The maximum Gasteiger partial charge on any atom is 0.242 e. The van der Waals surface area contributed by atoms with Crippen LogP contribution in [0.2, 0.25) is 5.02 Å². The van der Waals surface area contributed by atoms with Crippen LogP contribution in [-0.2, 0) is 10.0 Å². The summed E-state index contributed by atoms with van der Waals surface area (Å²) >= 11 is 6.24. The number of nitriles is 1. The molecule has 1 aromatic carbocycles. The zero-order valence-electron chi connectivity index (χ0n) is 17.2. The zero-order valence-corrected chi connectivity index (χ0v) is 18.8. The molecule has 2 atom stereocenters. The van der Waals surface area contributed by atoms with Crippen molar-refractivity contribution < 1.29 is 17.2 Å². The van der Waals surface area contributed by atoms with Gasteiger partial charge in [0.05, 0.1) is 28.5 Å². The number of halogens is 3. The van der Waals surface area contributed by atoms with Crippen molar-refractivity contribution in [3.05, 3.63) is 47.1 Å². The molecule has 1 N–H and O–H groups in total. The molecule has 168 valence electrons. The van der Waals surface area contributed by atoms with Crippen molar-refractivity contribution in [3.63, 3.8) is 0 Å². The van der Waals surface area contributed by atoms with E-state index in [1.165, 1.54) is 12.1 Å². The van der Waals surface area contributed by atoms with Gasteiger partial charge in [-0.2, -0.15) is 5.26 Å². The van der Waals surface area contributed by atoms with Gasteiger partial charge < -0.3 is 4.57 Å². The largest absolute Gasteiger partial charge is 0.335 e. The number of nitrogens with one attached hydrogen (secondary N) is 1. The molecule has 0 bridgehead atoms. The number of sulfonamides is 1.